The quantitative estimate of drug-likeness (QED) is 0.877. The Kier molecular flexibility index (Phi) is 4.59. The van der Waals surface area contributed by atoms with Crippen molar-refractivity contribution in [2.24, 2.45) is 11.7 Å². The lowest BCUT2D eigenvalue weighted by molar-refractivity contribution is -0.117. The highest BCUT2D eigenvalue weighted by Crippen LogP contribution is 2.26. The van der Waals surface area contributed by atoms with Crippen LogP contribution in [0.4, 0.5) is 5.69 Å². The summed E-state index contributed by atoms with van der Waals surface area (Å²) in [5.41, 5.74) is 9.29. The van der Waals surface area contributed by atoms with Crippen LogP contribution in [-0.2, 0) is 4.79 Å². The van der Waals surface area contributed by atoms with Gasteiger partial charge in [-0.15, -0.1) is 0 Å². The Hall–Kier alpha value is -1.35. The summed E-state index contributed by atoms with van der Waals surface area (Å²) < 4.78 is 0. The number of rotatable bonds is 3. The van der Waals surface area contributed by atoms with E-state index in [0.29, 0.717) is 12.3 Å². The van der Waals surface area contributed by atoms with Gasteiger partial charge < -0.3 is 11.1 Å². The van der Waals surface area contributed by atoms with Crippen LogP contribution in [0.3, 0.4) is 0 Å². The van der Waals surface area contributed by atoms with Crippen molar-refractivity contribution in [3.8, 4) is 0 Å². The average Bonchev–Trinajstić information content (AvgIpc) is 2.37. The maximum atomic E-state index is 12.1. The fraction of sp³-hybridized carbons (Fsp3) is 0.562. The predicted octanol–water partition coefficient (Wildman–Crippen LogP) is 3.15. The maximum Gasteiger partial charge on any atom is 0.224 e. The Morgan fingerprint density at radius 1 is 1.32 bits per heavy atom. The van der Waals surface area contributed by atoms with Crippen molar-refractivity contribution in [2.75, 3.05) is 5.32 Å². The van der Waals surface area contributed by atoms with Gasteiger partial charge in [-0.1, -0.05) is 25.0 Å². The molecule has 3 nitrogen and oxygen atoms in total. The summed E-state index contributed by atoms with van der Waals surface area (Å²) >= 11 is 0. The van der Waals surface area contributed by atoms with Crippen LogP contribution in [0.25, 0.3) is 0 Å². The highest BCUT2D eigenvalue weighted by Gasteiger charge is 2.24. The van der Waals surface area contributed by atoms with Gasteiger partial charge in [-0.2, -0.15) is 0 Å². The Labute approximate surface area is 115 Å². The molecule has 19 heavy (non-hydrogen) atoms. The van der Waals surface area contributed by atoms with Crippen molar-refractivity contribution in [3.63, 3.8) is 0 Å². The van der Waals surface area contributed by atoms with Crippen molar-refractivity contribution in [1.29, 1.82) is 0 Å². The van der Waals surface area contributed by atoms with Crippen LogP contribution in [0.5, 0.6) is 0 Å². The molecule has 1 aromatic carbocycles. The molecule has 1 aliphatic carbocycles. The second-order valence-electron chi connectivity index (χ2n) is 5.78. The van der Waals surface area contributed by atoms with Gasteiger partial charge in [-0.25, -0.2) is 0 Å². The van der Waals surface area contributed by atoms with Crippen molar-refractivity contribution in [3.05, 3.63) is 29.3 Å². The van der Waals surface area contributed by atoms with Gasteiger partial charge in [0.25, 0.3) is 0 Å². The summed E-state index contributed by atoms with van der Waals surface area (Å²) in [7, 11) is 0. The van der Waals surface area contributed by atoms with E-state index in [1.54, 1.807) is 0 Å². The molecule has 1 amide bonds. The molecule has 3 N–H and O–H groups in total. The minimum absolute atomic E-state index is 0.0936. The molecule has 0 spiro atoms. The van der Waals surface area contributed by atoms with Crippen LogP contribution >= 0.6 is 0 Å². The second-order valence-corrected chi connectivity index (χ2v) is 5.78. The molecule has 2 rings (SSSR count). The number of hydrogen-bond acceptors (Lipinski definition) is 2. The summed E-state index contributed by atoms with van der Waals surface area (Å²) in [4.78, 5) is 12.1. The lowest BCUT2D eigenvalue weighted by atomic mass is 9.83. The number of amides is 1. The number of benzene rings is 1. The summed E-state index contributed by atoms with van der Waals surface area (Å²) in [6.45, 7) is 4.05. The second kappa shape index (κ2) is 6.20. The van der Waals surface area contributed by atoms with E-state index in [1.165, 1.54) is 12.8 Å². The van der Waals surface area contributed by atoms with E-state index in [4.69, 9.17) is 5.73 Å². The maximum absolute atomic E-state index is 12.1. The summed E-state index contributed by atoms with van der Waals surface area (Å²) in [6, 6.07) is 6.31. The van der Waals surface area contributed by atoms with Gasteiger partial charge in [0.05, 0.1) is 0 Å². The Bertz CT molecular complexity index is 456. The van der Waals surface area contributed by atoms with Crippen LogP contribution in [0.15, 0.2) is 18.2 Å². The topological polar surface area (TPSA) is 55.1 Å². The SMILES string of the molecule is Cc1ccc(C)c(NC(=O)CC2CCCCC2N)c1. The van der Waals surface area contributed by atoms with Gasteiger partial charge in [-0.3, -0.25) is 4.79 Å². The molecular formula is C16H24N2O. The van der Waals surface area contributed by atoms with Gasteiger partial charge in [0.15, 0.2) is 0 Å². The molecule has 1 fully saturated rings. The highest BCUT2D eigenvalue weighted by atomic mass is 16.1. The first kappa shape index (κ1) is 14.1. The Morgan fingerprint density at radius 2 is 2.05 bits per heavy atom. The van der Waals surface area contributed by atoms with Crippen LogP contribution in [0.2, 0.25) is 0 Å². The smallest absolute Gasteiger partial charge is 0.224 e. The van der Waals surface area contributed by atoms with E-state index < -0.39 is 0 Å². The van der Waals surface area contributed by atoms with Gasteiger partial charge in [0.1, 0.15) is 0 Å². The minimum atomic E-state index is 0.0936. The molecule has 1 saturated carbocycles. The fourth-order valence-electron chi connectivity index (χ4n) is 2.80. The standard InChI is InChI=1S/C16H24N2O/c1-11-7-8-12(2)15(9-11)18-16(19)10-13-5-3-4-6-14(13)17/h7-9,13-14H,3-6,10,17H2,1-2H3,(H,18,19). The number of nitrogens with two attached hydrogens (primary N) is 1. The van der Waals surface area contributed by atoms with E-state index in [0.717, 1.165) is 29.7 Å². The number of carbonyl (C=O) groups excluding carboxylic acids is 1. The summed E-state index contributed by atoms with van der Waals surface area (Å²) in [6.07, 6.45) is 5.10. The summed E-state index contributed by atoms with van der Waals surface area (Å²) in [5.74, 6) is 0.440. The van der Waals surface area contributed by atoms with Gasteiger partial charge in [-0.05, 0) is 49.8 Å². The molecule has 0 aromatic heterocycles. The van der Waals surface area contributed by atoms with Crippen molar-refractivity contribution >= 4 is 11.6 Å². The van der Waals surface area contributed by atoms with Crippen molar-refractivity contribution in [2.45, 2.75) is 52.0 Å². The van der Waals surface area contributed by atoms with Crippen LogP contribution < -0.4 is 11.1 Å². The highest BCUT2D eigenvalue weighted by molar-refractivity contribution is 5.91. The largest absolute Gasteiger partial charge is 0.327 e. The molecule has 1 aromatic rings. The van der Waals surface area contributed by atoms with E-state index in [1.807, 2.05) is 26.0 Å². The van der Waals surface area contributed by atoms with Crippen LogP contribution in [0.1, 0.15) is 43.2 Å². The Morgan fingerprint density at radius 3 is 2.79 bits per heavy atom. The van der Waals surface area contributed by atoms with Crippen LogP contribution in [0, 0.1) is 19.8 Å². The lowest BCUT2D eigenvalue weighted by Crippen LogP contribution is -2.35. The number of hydrogen-bond donors (Lipinski definition) is 2. The molecular weight excluding hydrogens is 236 g/mol. The first-order valence-corrected chi connectivity index (χ1v) is 7.19. The van der Waals surface area contributed by atoms with E-state index in [2.05, 4.69) is 11.4 Å². The Balaban J connectivity index is 1.95. The fourth-order valence-corrected chi connectivity index (χ4v) is 2.80. The van der Waals surface area contributed by atoms with E-state index in [9.17, 15) is 4.79 Å². The van der Waals surface area contributed by atoms with E-state index >= 15 is 0 Å². The molecule has 104 valence electrons. The number of aryl methyl sites for hydroxylation is 2. The number of anilines is 1. The first-order chi connectivity index (χ1) is 9.06. The number of carbonyl (C=O) groups is 1. The average molecular weight is 260 g/mol. The predicted molar refractivity (Wildman–Crippen MR) is 79.1 cm³/mol. The third-order valence-electron chi connectivity index (χ3n) is 4.08. The van der Waals surface area contributed by atoms with Gasteiger partial charge in [0.2, 0.25) is 5.91 Å². The number of nitrogens with one attached hydrogen (secondary N) is 1. The molecule has 0 radical (unpaired) electrons. The van der Waals surface area contributed by atoms with E-state index in [-0.39, 0.29) is 11.9 Å². The van der Waals surface area contributed by atoms with Crippen LogP contribution in [-0.4, -0.2) is 11.9 Å². The zero-order valence-corrected chi connectivity index (χ0v) is 11.9. The van der Waals surface area contributed by atoms with Gasteiger partial charge >= 0.3 is 0 Å². The molecule has 1 aliphatic rings. The third kappa shape index (κ3) is 3.80. The minimum Gasteiger partial charge on any atom is -0.327 e. The van der Waals surface area contributed by atoms with Crippen molar-refractivity contribution < 1.29 is 4.79 Å². The lowest BCUT2D eigenvalue weighted by Gasteiger charge is -2.28. The zero-order valence-electron chi connectivity index (χ0n) is 11.9. The molecule has 0 saturated heterocycles. The molecule has 2 unspecified atom stereocenters. The zero-order chi connectivity index (χ0) is 13.8. The summed E-state index contributed by atoms with van der Waals surface area (Å²) in [5, 5.41) is 3.02. The molecule has 0 heterocycles. The molecule has 0 bridgehead atoms. The third-order valence-corrected chi connectivity index (χ3v) is 4.08. The van der Waals surface area contributed by atoms with Crippen molar-refractivity contribution in [1.82, 2.24) is 0 Å². The molecule has 0 aliphatic heterocycles. The molecule has 3 heteroatoms. The molecule has 2 atom stereocenters. The monoisotopic (exact) mass is 260 g/mol. The normalized spacial score (nSPS) is 23.1. The first-order valence-electron chi connectivity index (χ1n) is 7.19. The van der Waals surface area contributed by atoms with Gasteiger partial charge in [0, 0.05) is 18.2 Å².